The summed E-state index contributed by atoms with van der Waals surface area (Å²) >= 11 is 0. The molecule has 13 nitrogen and oxygen atoms in total. The van der Waals surface area contributed by atoms with Gasteiger partial charge in [-0.1, -0.05) is 150 Å². The van der Waals surface area contributed by atoms with E-state index in [0.29, 0.717) is 33.8 Å². The molecule has 0 amide bonds. The number of rotatable bonds is 14. The molecule has 0 saturated heterocycles. The Morgan fingerprint density at radius 2 is 0.701 bits per heavy atom. The number of hydrogen-bond donors (Lipinski definition) is 2. The number of nitriles is 1. The van der Waals surface area contributed by atoms with Gasteiger partial charge in [-0.25, -0.2) is 9.59 Å². The van der Waals surface area contributed by atoms with Crippen molar-refractivity contribution >= 4 is 52.8 Å². The zero-order valence-corrected chi connectivity index (χ0v) is 43.8. The van der Waals surface area contributed by atoms with Gasteiger partial charge >= 0.3 is 29.0 Å². The number of nitrogens with zero attached hydrogens (tertiary/aromatic N) is 3. The number of carbonyl (C=O) groups is 5. The van der Waals surface area contributed by atoms with Crippen molar-refractivity contribution in [3.05, 3.63) is 211 Å². The van der Waals surface area contributed by atoms with Crippen LogP contribution >= 0.6 is 0 Å². The molecular weight excluding hydrogens is 1010 g/mol. The fraction of sp³-hybridized carbons (Fsp3) is 0.270. The molecule has 2 aliphatic rings. The normalized spacial score (nSPS) is 12.2. The summed E-state index contributed by atoms with van der Waals surface area (Å²) in [7, 11) is 0. The van der Waals surface area contributed by atoms with Crippen molar-refractivity contribution in [1.82, 2.24) is 0 Å². The van der Waals surface area contributed by atoms with Crippen LogP contribution in [0.5, 0.6) is 5.75 Å². The van der Waals surface area contributed by atoms with Crippen molar-refractivity contribution in [1.29, 1.82) is 5.26 Å². The average Bonchev–Trinajstić information content (AvgIpc) is 4.15. The fourth-order valence-corrected chi connectivity index (χ4v) is 8.60. The Hall–Kier alpha value is -8.16. The van der Waals surface area contributed by atoms with Crippen LogP contribution in [0.4, 0.5) is 11.4 Å². The molecule has 0 atom stereocenters. The van der Waals surface area contributed by atoms with E-state index in [1.807, 2.05) is 109 Å². The fourth-order valence-electron chi connectivity index (χ4n) is 8.60. The van der Waals surface area contributed by atoms with E-state index in [2.05, 4.69) is 9.98 Å². The summed E-state index contributed by atoms with van der Waals surface area (Å²) in [5.41, 5.74) is 9.09. The molecule has 8 rings (SSSR count). The van der Waals surface area contributed by atoms with Gasteiger partial charge in [0, 0.05) is 28.5 Å². The second-order valence-electron chi connectivity index (χ2n) is 17.4. The molecule has 0 radical (unpaired) electrons. The van der Waals surface area contributed by atoms with Crippen LogP contribution < -0.4 is 4.74 Å². The third-order valence-corrected chi connectivity index (χ3v) is 12.5. The molecule has 0 unspecified atom stereocenters. The molecule has 0 spiro atoms. The second kappa shape index (κ2) is 35.2. The number of benzene rings is 6. The van der Waals surface area contributed by atoms with E-state index in [1.165, 1.54) is 12.2 Å². The zero-order valence-electron chi connectivity index (χ0n) is 42.7. The van der Waals surface area contributed by atoms with E-state index in [9.17, 15) is 33.6 Å². The summed E-state index contributed by atoms with van der Waals surface area (Å²) < 4.78 is 4.84. The van der Waals surface area contributed by atoms with E-state index in [0.717, 1.165) is 84.7 Å². The third-order valence-electron chi connectivity index (χ3n) is 12.5. The van der Waals surface area contributed by atoms with Crippen molar-refractivity contribution < 1.29 is 65.6 Å². The quantitative estimate of drug-likeness (QED) is 0.0199. The first kappa shape index (κ1) is 68.8. The molecule has 77 heavy (non-hydrogen) atoms. The summed E-state index contributed by atoms with van der Waals surface area (Å²) in [6.45, 7) is 4.65. The summed E-state index contributed by atoms with van der Waals surface area (Å²) in [5.74, 6) is -0.909. The molecule has 2 aliphatic carbocycles. The van der Waals surface area contributed by atoms with Gasteiger partial charge in [-0.3, -0.25) is 24.0 Å². The van der Waals surface area contributed by atoms with Crippen LogP contribution in [0.2, 0.25) is 0 Å². The monoisotopic (exact) mass is 1080 g/mol. The van der Waals surface area contributed by atoms with Crippen molar-refractivity contribution in [3.8, 4) is 12.0 Å². The van der Waals surface area contributed by atoms with Crippen LogP contribution in [0.15, 0.2) is 156 Å². The zero-order chi connectivity index (χ0) is 52.0. The Bertz CT molecular complexity index is 2700. The third kappa shape index (κ3) is 20.8. The Balaban J connectivity index is 0.00000111. The standard InChI is InChI=1S/C25H22O3.C22H13N3O3.2C6H10O2.2CH4.2CH3.Fe/c1-16(26)19-4-10-22(11-5-19)25(23-12-6-20(7-13-23)17(2)27)24-14-8-21(9-15-24)18(3)28;23-13-28-21-11-5-18(6-12-21)22(16-1-7-19(8-2-16)24-14-26)17-3-9-20(10-4-17)25-15-27;2*7-6(8)5-3-1-2-4-5;;;;;/h4-15,25H,1-3H3;1-12,22H;2*5H,1-4H2,(H,7,8);2*1H4;2*1H3;/q;;;;;;2*-1;+2. The number of carboxylic acids is 2. The Morgan fingerprint density at radius 1 is 0.468 bits per heavy atom. The number of Topliss-reactive ketones (excluding diaryl/α,β-unsaturated/α-hetero) is 3. The first-order chi connectivity index (χ1) is 34.7. The van der Waals surface area contributed by atoms with Gasteiger partial charge in [0.15, 0.2) is 17.3 Å². The van der Waals surface area contributed by atoms with E-state index < -0.39 is 11.9 Å². The first-order valence-electron chi connectivity index (χ1n) is 23.5. The largest absolute Gasteiger partial charge is 2.00 e. The molecular formula is C63H69FeN3O10. The van der Waals surface area contributed by atoms with E-state index >= 15 is 0 Å². The average molecular weight is 1080 g/mol. The first-order valence-corrected chi connectivity index (χ1v) is 23.5. The number of hydrogen-bond acceptors (Lipinski definition) is 11. The maximum atomic E-state index is 11.6. The Kier molecular flexibility index (Phi) is 31.4. The molecule has 2 saturated carbocycles. The van der Waals surface area contributed by atoms with E-state index in [-0.39, 0.29) is 87.8 Å². The Morgan fingerprint density at radius 3 is 0.896 bits per heavy atom. The molecule has 0 aromatic heterocycles. The van der Waals surface area contributed by atoms with Crippen LogP contribution in [-0.2, 0) is 36.2 Å². The summed E-state index contributed by atoms with van der Waals surface area (Å²) in [5, 5.41) is 25.5. The molecule has 6 aromatic carbocycles. The van der Waals surface area contributed by atoms with E-state index in [4.69, 9.17) is 20.2 Å². The number of ether oxygens (including phenoxy) is 1. The van der Waals surface area contributed by atoms with Gasteiger partial charge in [-0.15, -0.1) is 5.26 Å². The molecule has 6 aromatic rings. The topological polar surface area (TPSA) is 218 Å². The number of carboxylic acid groups (broad SMARTS) is 2. The maximum Gasteiger partial charge on any atom is 2.00 e. The number of ketones is 3. The van der Waals surface area contributed by atoms with Crippen LogP contribution in [0.1, 0.15) is 163 Å². The minimum Gasteiger partial charge on any atom is -0.481 e. The van der Waals surface area contributed by atoms with Crippen LogP contribution in [0.3, 0.4) is 0 Å². The van der Waals surface area contributed by atoms with Gasteiger partial charge in [-0.2, -0.15) is 9.98 Å². The molecule has 2 fully saturated rings. The van der Waals surface area contributed by atoms with Crippen molar-refractivity contribution in [2.45, 2.75) is 98.8 Å². The van der Waals surface area contributed by atoms with Crippen molar-refractivity contribution in [3.63, 3.8) is 0 Å². The molecule has 14 heteroatoms. The predicted molar refractivity (Wildman–Crippen MR) is 298 cm³/mol. The minimum atomic E-state index is -0.609. The number of isocyanates is 2. The molecule has 0 heterocycles. The number of carbonyl (C=O) groups excluding carboxylic acids is 5. The smallest absolute Gasteiger partial charge is 0.481 e. The molecule has 0 bridgehead atoms. The Labute approximate surface area is 464 Å². The summed E-state index contributed by atoms with van der Waals surface area (Å²) in [4.78, 5) is 83.3. The maximum absolute atomic E-state index is 11.6. The van der Waals surface area contributed by atoms with Crippen LogP contribution in [0, 0.1) is 38.2 Å². The van der Waals surface area contributed by atoms with Crippen LogP contribution in [-0.4, -0.2) is 51.7 Å². The number of aliphatic carboxylic acids is 2. The SMILES string of the molecule is C.C.CC(=O)c1ccc(C(c2ccc(C(C)=O)cc2)c2ccc(C(C)=O)cc2)cc1.N#COc1ccc(C(c2ccc(N=C=O)cc2)c2ccc(N=C=O)cc2)cc1.O=C(O)C1CCCC1.O=C(O)C1CCCC1.[CH3-].[CH3-].[Fe+2]. The summed E-state index contributed by atoms with van der Waals surface area (Å²) in [6, 6.07) is 44.5. The number of aliphatic imine (C=N–C) groups is 2. The van der Waals surface area contributed by atoms with E-state index in [1.54, 1.807) is 63.4 Å². The van der Waals surface area contributed by atoms with Gasteiger partial charge < -0.3 is 29.8 Å². The minimum absolute atomic E-state index is 0. The van der Waals surface area contributed by atoms with Crippen LogP contribution in [0.25, 0.3) is 0 Å². The summed E-state index contributed by atoms with van der Waals surface area (Å²) in [6.07, 6.45) is 12.7. The van der Waals surface area contributed by atoms with Crippen molar-refractivity contribution in [2.75, 3.05) is 0 Å². The molecule has 2 N–H and O–H groups in total. The van der Waals surface area contributed by atoms with Gasteiger partial charge in [0.25, 0.3) is 6.26 Å². The van der Waals surface area contributed by atoms with Crippen molar-refractivity contribution in [2.24, 2.45) is 21.8 Å². The predicted octanol–water partition coefficient (Wildman–Crippen LogP) is 14.8. The second-order valence-corrected chi connectivity index (χ2v) is 17.4. The van der Waals surface area contributed by atoms with Gasteiger partial charge in [0.1, 0.15) is 5.75 Å². The van der Waals surface area contributed by atoms with Gasteiger partial charge in [0.05, 0.1) is 23.2 Å². The van der Waals surface area contributed by atoms with Gasteiger partial charge in [0.2, 0.25) is 12.2 Å². The molecule has 0 aliphatic heterocycles. The molecule has 404 valence electrons. The van der Waals surface area contributed by atoms with Gasteiger partial charge in [-0.05, 0) is 116 Å².